The minimum Gasteiger partial charge on any atom is -0.481 e. The van der Waals surface area contributed by atoms with E-state index in [-0.39, 0.29) is 18.9 Å². The van der Waals surface area contributed by atoms with Gasteiger partial charge in [0.25, 0.3) is 10.2 Å². The molecule has 0 rings (SSSR count). The second-order valence-electron chi connectivity index (χ2n) is 4.88. The van der Waals surface area contributed by atoms with Gasteiger partial charge in [0, 0.05) is 13.0 Å². The minimum atomic E-state index is -4.65. The molecule has 0 bridgehead atoms. The van der Waals surface area contributed by atoms with Crippen molar-refractivity contribution in [2.45, 2.75) is 32.9 Å². The van der Waals surface area contributed by atoms with Crippen molar-refractivity contribution in [3.63, 3.8) is 0 Å². The van der Waals surface area contributed by atoms with Crippen LogP contribution in [0.15, 0.2) is 0 Å². The van der Waals surface area contributed by atoms with Crippen LogP contribution in [0.25, 0.3) is 0 Å². The zero-order valence-corrected chi connectivity index (χ0v) is 12.0. The fourth-order valence-electron chi connectivity index (χ4n) is 1.61. The fourth-order valence-corrected chi connectivity index (χ4v) is 2.52. The van der Waals surface area contributed by atoms with Crippen LogP contribution in [0.3, 0.4) is 0 Å². The maximum absolute atomic E-state index is 11.9. The van der Waals surface area contributed by atoms with Crippen molar-refractivity contribution >= 4 is 16.2 Å². The average Bonchev–Trinajstić information content (AvgIpc) is 2.21. The molecule has 0 aromatic rings. The highest BCUT2D eigenvalue weighted by molar-refractivity contribution is 7.87. The summed E-state index contributed by atoms with van der Waals surface area (Å²) >= 11 is 0. The van der Waals surface area contributed by atoms with Gasteiger partial charge in [0.2, 0.25) is 0 Å². The van der Waals surface area contributed by atoms with E-state index in [4.69, 9.17) is 5.11 Å². The molecule has 0 amide bonds. The Morgan fingerprint density at radius 3 is 2.20 bits per heavy atom. The van der Waals surface area contributed by atoms with Gasteiger partial charge in [0.05, 0.1) is 0 Å². The summed E-state index contributed by atoms with van der Waals surface area (Å²) in [6, 6.07) is 0. The first kappa shape index (κ1) is 19.1. The molecule has 0 aliphatic rings. The zero-order valence-electron chi connectivity index (χ0n) is 11.2. The summed E-state index contributed by atoms with van der Waals surface area (Å²) in [6.45, 7) is 1.78. The molecular weight excluding hydrogens is 301 g/mol. The summed E-state index contributed by atoms with van der Waals surface area (Å²) in [4.78, 5) is 10.6. The molecule has 120 valence electrons. The monoisotopic (exact) mass is 320 g/mol. The van der Waals surface area contributed by atoms with Gasteiger partial charge in [-0.25, -0.2) is 4.72 Å². The molecule has 0 aliphatic carbocycles. The van der Waals surface area contributed by atoms with Gasteiger partial charge in [0.1, 0.15) is 6.54 Å². The van der Waals surface area contributed by atoms with E-state index in [0.29, 0.717) is 6.42 Å². The minimum absolute atomic E-state index is 0.145. The van der Waals surface area contributed by atoms with Crippen LogP contribution in [0.2, 0.25) is 0 Å². The van der Waals surface area contributed by atoms with Gasteiger partial charge in [-0.05, 0) is 18.3 Å². The Balaban J connectivity index is 4.40. The molecular formula is C10H19F3N2O4S. The number of carboxylic acids is 1. The number of carboxylic acid groups (broad SMARTS) is 1. The molecule has 1 unspecified atom stereocenters. The Hall–Kier alpha value is -0.870. The molecule has 0 heterocycles. The Bertz CT molecular complexity index is 409. The van der Waals surface area contributed by atoms with Gasteiger partial charge in [-0.3, -0.25) is 4.79 Å². The van der Waals surface area contributed by atoms with Crippen LogP contribution in [0.5, 0.6) is 0 Å². The Kier molecular flexibility index (Phi) is 7.45. The van der Waals surface area contributed by atoms with Crippen molar-refractivity contribution in [3.05, 3.63) is 0 Å². The predicted molar refractivity (Wildman–Crippen MR) is 66.2 cm³/mol. The highest BCUT2D eigenvalue weighted by Gasteiger charge is 2.29. The highest BCUT2D eigenvalue weighted by Crippen LogP contribution is 2.15. The maximum atomic E-state index is 11.9. The summed E-state index contributed by atoms with van der Waals surface area (Å²) in [5.41, 5.74) is 0. The van der Waals surface area contributed by atoms with Crippen molar-refractivity contribution in [2.75, 3.05) is 13.1 Å². The first-order valence-corrected chi connectivity index (χ1v) is 7.42. The lowest BCUT2D eigenvalue weighted by Crippen LogP contribution is -2.43. The number of alkyl halides is 3. The van der Waals surface area contributed by atoms with E-state index in [1.165, 1.54) is 4.72 Å². The van der Waals surface area contributed by atoms with Crippen molar-refractivity contribution in [1.29, 1.82) is 0 Å². The predicted octanol–water partition coefficient (Wildman–Crippen LogP) is 1.11. The molecule has 0 radical (unpaired) electrons. The van der Waals surface area contributed by atoms with Gasteiger partial charge in [0.15, 0.2) is 0 Å². The summed E-state index contributed by atoms with van der Waals surface area (Å²) in [7, 11) is -4.29. The van der Waals surface area contributed by atoms with Crippen LogP contribution in [-0.2, 0) is 15.0 Å². The molecule has 0 fully saturated rings. The topological polar surface area (TPSA) is 95.5 Å². The second kappa shape index (κ2) is 7.79. The number of rotatable bonds is 9. The van der Waals surface area contributed by atoms with E-state index >= 15 is 0 Å². The Labute approximate surface area is 115 Å². The number of carbonyl (C=O) groups is 1. The van der Waals surface area contributed by atoms with Gasteiger partial charge < -0.3 is 5.11 Å². The SMILES string of the molecule is CC(C)CC(CNS(=O)(=O)NCC(F)(F)F)CC(=O)O. The normalized spacial score (nSPS) is 14.5. The van der Waals surface area contributed by atoms with Crippen LogP contribution >= 0.6 is 0 Å². The Morgan fingerprint density at radius 2 is 1.80 bits per heavy atom. The number of aliphatic carboxylic acids is 1. The van der Waals surface area contributed by atoms with Crippen LogP contribution in [0.4, 0.5) is 13.2 Å². The number of hydrogen-bond donors (Lipinski definition) is 3. The smallest absolute Gasteiger partial charge is 0.402 e. The first-order valence-electron chi connectivity index (χ1n) is 5.94. The van der Waals surface area contributed by atoms with E-state index in [1.54, 1.807) is 0 Å². The third-order valence-corrected chi connectivity index (χ3v) is 3.36. The van der Waals surface area contributed by atoms with Crippen LogP contribution in [-0.4, -0.2) is 38.8 Å². The summed E-state index contributed by atoms with van der Waals surface area (Å²) in [5, 5.41) is 8.69. The molecule has 20 heavy (non-hydrogen) atoms. The molecule has 0 saturated carbocycles. The summed E-state index contributed by atoms with van der Waals surface area (Å²) in [5.74, 6) is -1.42. The molecule has 0 aromatic carbocycles. The van der Waals surface area contributed by atoms with Crippen molar-refractivity contribution in [2.24, 2.45) is 11.8 Å². The number of hydrogen-bond acceptors (Lipinski definition) is 3. The Morgan fingerprint density at radius 1 is 1.25 bits per heavy atom. The lowest BCUT2D eigenvalue weighted by Gasteiger charge is -2.18. The highest BCUT2D eigenvalue weighted by atomic mass is 32.2. The fraction of sp³-hybridized carbons (Fsp3) is 0.900. The van der Waals surface area contributed by atoms with E-state index < -0.39 is 34.8 Å². The van der Waals surface area contributed by atoms with Gasteiger partial charge in [-0.2, -0.15) is 26.3 Å². The molecule has 0 aliphatic heterocycles. The molecule has 10 heteroatoms. The second-order valence-corrected chi connectivity index (χ2v) is 6.47. The molecule has 0 saturated heterocycles. The largest absolute Gasteiger partial charge is 0.481 e. The average molecular weight is 320 g/mol. The quantitative estimate of drug-likeness (QED) is 0.593. The summed E-state index contributed by atoms with van der Waals surface area (Å²) in [6.07, 6.45) is -4.44. The van der Waals surface area contributed by atoms with Gasteiger partial charge >= 0.3 is 12.1 Å². The summed E-state index contributed by atoms with van der Waals surface area (Å²) < 4.78 is 61.5. The van der Waals surface area contributed by atoms with E-state index in [2.05, 4.69) is 0 Å². The third kappa shape index (κ3) is 11.0. The lowest BCUT2D eigenvalue weighted by molar-refractivity contribution is -0.138. The van der Waals surface area contributed by atoms with Crippen molar-refractivity contribution in [3.8, 4) is 0 Å². The van der Waals surface area contributed by atoms with Gasteiger partial charge in [-0.1, -0.05) is 13.8 Å². The van der Waals surface area contributed by atoms with Crippen LogP contribution in [0, 0.1) is 11.8 Å². The number of halogens is 3. The van der Waals surface area contributed by atoms with E-state index in [1.807, 2.05) is 18.6 Å². The van der Waals surface area contributed by atoms with Crippen molar-refractivity contribution < 1.29 is 31.5 Å². The van der Waals surface area contributed by atoms with Crippen LogP contribution < -0.4 is 9.44 Å². The van der Waals surface area contributed by atoms with E-state index in [0.717, 1.165) is 0 Å². The molecule has 0 aromatic heterocycles. The molecule has 6 nitrogen and oxygen atoms in total. The first-order chi connectivity index (χ1) is 8.91. The molecule has 1 atom stereocenters. The molecule has 3 N–H and O–H groups in total. The van der Waals surface area contributed by atoms with E-state index in [9.17, 15) is 26.4 Å². The number of nitrogens with one attached hydrogen (secondary N) is 2. The van der Waals surface area contributed by atoms with Gasteiger partial charge in [-0.15, -0.1) is 0 Å². The third-order valence-electron chi connectivity index (χ3n) is 2.29. The van der Waals surface area contributed by atoms with Crippen molar-refractivity contribution in [1.82, 2.24) is 9.44 Å². The molecule has 0 spiro atoms. The lowest BCUT2D eigenvalue weighted by atomic mass is 9.94. The zero-order chi connectivity index (χ0) is 16.0. The standard InChI is InChI=1S/C10H19F3N2O4S/c1-7(2)3-8(4-9(16)17)5-14-20(18,19)15-6-10(11,12)13/h7-8,14-15H,3-6H2,1-2H3,(H,16,17). The van der Waals surface area contributed by atoms with Crippen LogP contribution in [0.1, 0.15) is 26.7 Å². The maximum Gasteiger partial charge on any atom is 0.402 e.